The van der Waals surface area contributed by atoms with E-state index in [2.05, 4.69) is 19.2 Å². The highest BCUT2D eigenvalue weighted by Crippen LogP contribution is 2.35. The minimum Gasteiger partial charge on any atom is -0.361 e. The van der Waals surface area contributed by atoms with E-state index in [1.165, 1.54) is 37.7 Å². The summed E-state index contributed by atoms with van der Waals surface area (Å²) in [6.45, 7) is 10.3. The Morgan fingerprint density at radius 3 is 2.33 bits per heavy atom. The lowest BCUT2D eigenvalue weighted by Gasteiger charge is -2.32. The van der Waals surface area contributed by atoms with Crippen LogP contribution in [-0.4, -0.2) is 25.1 Å². The molecule has 1 fully saturated rings. The van der Waals surface area contributed by atoms with Crippen LogP contribution in [-0.2, 0) is 10.4 Å². The van der Waals surface area contributed by atoms with Gasteiger partial charge in [0.05, 0.1) is 0 Å². The van der Waals surface area contributed by atoms with Crippen LogP contribution in [0, 0.1) is 6.92 Å². The van der Waals surface area contributed by atoms with Gasteiger partial charge in [-0.15, -0.1) is 0 Å². The monoisotopic (exact) mass is 397 g/mol. The molecule has 27 heavy (non-hydrogen) atoms. The third-order valence-electron chi connectivity index (χ3n) is 5.76. The summed E-state index contributed by atoms with van der Waals surface area (Å²) in [5.74, 6) is 0.628. The van der Waals surface area contributed by atoms with Crippen molar-refractivity contribution in [1.82, 2.24) is 5.32 Å². The summed E-state index contributed by atoms with van der Waals surface area (Å²) in [6.07, 6.45) is 7.50. The predicted molar refractivity (Wildman–Crippen MR) is 110 cm³/mol. The molecule has 2 unspecified atom stereocenters. The molecule has 0 heterocycles. The third kappa shape index (κ3) is 6.19. The molecule has 1 saturated carbocycles. The van der Waals surface area contributed by atoms with Gasteiger partial charge in [-0.1, -0.05) is 59.1 Å². The minimum atomic E-state index is -4.54. The second kappa shape index (κ2) is 9.39. The van der Waals surface area contributed by atoms with Crippen LogP contribution in [0.1, 0.15) is 94.7 Å². The predicted octanol–water partition coefficient (Wildman–Crippen LogP) is 5.10. The Labute approximate surface area is 164 Å². The van der Waals surface area contributed by atoms with Crippen molar-refractivity contribution in [2.75, 3.05) is 0 Å². The van der Waals surface area contributed by atoms with Gasteiger partial charge in [-0.25, -0.2) is 0 Å². The molecule has 1 aromatic rings. The Morgan fingerprint density at radius 2 is 1.81 bits per heavy atom. The van der Waals surface area contributed by atoms with E-state index in [-0.39, 0.29) is 11.7 Å². The zero-order chi connectivity index (χ0) is 20.2. The van der Waals surface area contributed by atoms with Gasteiger partial charge in [0.1, 0.15) is 0 Å². The fourth-order valence-corrected chi connectivity index (χ4v) is 4.60. The van der Waals surface area contributed by atoms with Crippen LogP contribution in [0.5, 0.6) is 5.75 Å². The Bertz CT molecular complexity index is 724. The Morgan fingerprint density at radius 1 is 1.19 bits per heavy atom. The first-order chi connectivity index (χ1) is 12.6. The van der Waals surface area contributed by atoms with E-state index in [1.807, 2.05) is 32.9 Å². The number of benzene rings is 1. The minimum absolute atomic E-state index is 0.0824. The highest BCUT2D eigenvalue weighted by atomic mass is 32.3. The molecule has 0 aromatic heterocycles. The van der Waals surface area contributed by atoms with Gasteiger partial charge in [0, 0.05) is 12.1 Å². The van der Waals surface area contributed by atoms with E-state index >= 15 is 0 Å². The molecule has 2 N–H and O–H groups in total. The van der Waals surface area contributed by atoms with Crippen LogP contribution in [0.25, 0.3) is 0 Å². The van der Waals surface area contributed by atoms with Crippen molar-refractivity contribution in [3.8, 4) is 5.75 Å². The van der Waals surface area contributed by atoms with Crippen LogP contribution in [0.2, 0.25) is 0 Å². The highest BCUT2D eigenvalue weighted by Gasteiger charge is 2.25. The molecular weight excluding hydrogens is 362 g/mol. The largest absolute Gasteiger partial charge is 0.446 e. The van der Waals surface area contributed by atoms with E-state index in [9.17, 15) is 8.42 Å². The van der Waals surface area contributed by atoms with Crippen molar-refractivity contribution in [3.05, 3.63) is 28.8 Å². The normalized spacial score (nSPS) is 18.5. The van der Waals surface area contributed by atoms with Gasteiger partial charge < -0.3 is 9.50 Å². The van der Waals surface area contributed by atoms with Gasteiger partial charge in [-0.05, 0) is 54.7 Å². The van der Waals surface area contributed by atoms with E-state index in [4.69, 9.17) is 8.74 Å². The molecule has 0 bridgehead atoms. The topological polar surface area (TPSA) is 75.6 Å². The van der Waals surface area contributed by atoms with Gasteiger partial charge in [0.2, 0.25) is 0 Å². The Balaban J connectivity index is 2.29. The maximum Gasteiger partial charge on any atom is 0.446 e. The standard InChI is InChI=1S/C21H35NO4S/c1-6-20(22-18-10-8-7-9-11-18)16(5)17-12-15(4)21(26-27(23,24)25)19(13-17)14(2)3/h12-14,16,18,20,22H,6-11H2,1-5H3,(H,23,24,25). The van der Waals surface area contributed by atoms with Gasteiger partial charge in [-0.3, -0.25) is 4.55 Å². The number of hydrogen-bond donors (Lipinski definition) is 2. The van der Waals surface area contributed by atoms with Crippen molar-refractivity contribution >= 4 is 10.4 Å². The molecule has 6 heteroatoms. The molecule has 0 aliphatic heterocycles. The van der Waals surface area contributed by atoms with Crippen molar-refractivity contribution in [3.63, 3.8) is 0 Å². The summed E-state index contributed by atoms with van der Waals surface area (Å²) in [4.78, 5) is 0. The number of aryl methyl sites for hydroxylation is 1. The fraction of sp³-hybridized carbons (Fsp3) is 0.714. The second-order valence-corrected chi connectivity index (χ2v) is 9.25. The first-order valence-corrected chi connectivity index (χ1v) is 11.6. The molecule has 0 amide bonds. The molecule has 0 radical (unpaired) electrons. The summed E-state index contributed by atoms with van der Waals surface area (Å²) >= 11 is 0. The molecule has 154 valence electrons. The highest BCUT2D eigenvalue weighted by molar-refractivity contribution is 7.81. The summed E-state index contributed by atoms with van der Waals surface area (Å²) in [5.41, 5.74) is 2.71. The molecule has 5 nitrogen and oxygen atoms in total. The number of nitrogens with one attached hydrogen (secondary N) is 1. The van der Waals surface area contributed by atoms with E-state index in [1.54, 1.807) is 0 Å². The lowest BCUT2D eigenvalue weighted by atomic mass is 9.85. The maximum atomic E-state index is 11.2. The molecule has 2 rings (SSSR count). The van der Waals surface area contributed by atoms with Crippen LogP contribution >= 0.6 is 0 Å². The average Bonchev–Trinajstić information content (AvgIpc) is 2.60. The quantitative estimate of drug-likeness (QED) is 0.597. The summed E-state index contributed by atoms with van der Waals surface area (Å²) in [7, 11) is -4.54. The van der Waals surface area contributed by atoms with Crippen LogP contribution in [0.4, 0.5) is 0 Å². The van der Waals surface area contributed by atoms with Gasteiger partial charge in [0.15, 0.2) is 5.75 Å². The number of rotatable bonds is 8. The molecule has 1 aromatic carbocycles. The SMILES string of the molecule is CCC(NC1CCCCC1)C(C)c1cc(C)c(OS(=O)(=O)O)c(C(C)C)c1. The second-order valence-electron chi connectivity index (χ2n) is 8.23. The fourth-order valence-electron chi connectivity index (χ4n) is 4.16. The zero-order valence-electron chi connectivity index (χ0n) is 17.3. The summed E-state index contributed by atoms with van der Waals surface area (Å²) in [6, 6.07) is 5.00. The van der Waals surface area contributed by atoms with E-state index < -0.39 is 10.4 Å². The first kappa shape index (κ1) is 22.2. The van der Waals surface area contributed by atoms with Crippen molar-refractivity contribution in [2.24, 2.45) is 0 Å². The van der Waals surface area contributed by atoms with Gasteiger partial charge in [-0.2, -0.15) is 8.42 Å². The lowest BCUT2D eigenvalue weighted by molar-refractivity contribution is 0.311. The average molecular weight is 398 g/mol. The molecule has 2 atom stereocenters. The van der Waals surface area contributed by atoms with Crippen molar-refractivity contribution in [2.45, 2.75) is 97.1 Å². The van der Waals surface area contributed by atoms with E-state index in [0.717, 1.165) is 17.5 Å². The van der Waals surface area contributed by atoms with Crippen LogP contribution in [0.3, 0.4) is 0 Å². The van der Waals surface area contributed by atoms with Gasteiger partial charge >= 0.3 is 10.4 Å². The zero-order valence-corrected chi connectivity index (χ0v) is 18.1. The molecular formula is C21H35NO4S. The van der Waals surface area contributed by atoms with E-state index in [0.29, 0.717) is 18.0 Å². The molecule has 0 saturated heterocycles. The van der Waals surface area contributed by atoms with Gasteiger partial charge in [0.25, 0.3) is 0 Å². The first-order valence-electron chi connectivity index (χ1n) is 10.2. The Kier molecular flexibility index (Phi) is 7.72. The lowest BCUT2D eigenvalue weighted by Crippen LogP contribution is -2.42. The Hall–Kier alpha value is -1.11. The molecule has 0 spiro atoms. The summed E-state index contributed by atoms with van der Waals surface area (Å²) in [5, 5.41) is 3.86. The molecule has 1 aliphatic carbocycles. The molecule has 1 aliphatic rings. The summed E-state index contributed by atoms with van der Waals surface area (Å²) < 4.78 is 36.5. The van der Waals surface area contributed by atoms with Crippen molar-refractivity contribution in [1.29, 1.82) is 0 Å². The third-order valence-corrected chi connectivity index (χ3v) is 6.14. The smallest absolute Gasteiger partial charge is 0.361 e. The van der Waals surface area contributed by atoms with Crippen molar-refractivity contribution < 1.29 is 17.2 Å². The van der Waals surface area contributed by atoms with Crippen LogP contribution in [0.15, 0.2) is 12.1 Å². The number of hydrogen-bond acceptors (Lipinski definition) is 4. The maximum absolute atomic E-state index is 11.2. The van der Waals surface area contributed by atoms with Crippen LogP contribution < -0.4 is 9.50 Å².